The number of aromatic nitrogens is 2. The van der Waals surface area contributed by atoms with Crippen molar-refractivity contribution in [3.05, 3.63) is 69.6 Å². The van der Waals surface area contributed by atoms with Crippen molar-refractivity contribution >= 4 is 28.5 Å². The van der Waals surface area contributed by atoms with E-state index in [9.17, 15) is 9.59 Å². The van der Waals surface area contributed by atoms with E-state index in [0.29, 0.717) is 30.1 Å². The van der Waals surface area contributed by atoms with Gasteiger partial charge >= 0.3 is 5.69 Å². The second-order valence-corrected chi connectivity index (χ2v) is 5.60. The second kappa shape index (κ2) is 6.71. The number of H-pyrrole nitrogens is 1. The van der Waals surface area contributed by atoms with Crippen molar-refractivity contribution in [1.29, 1.82) is 0 Å². The molecule has 1 heterocycles. The summed E-state index contributed by atoms with van der Waals surface area (Å²) in [6.45, 7) is 1.00. The van der Waals surface area contributed by atoms with Gasteiger partial charge < -0.3 is 10.3 Å². The van der Waals surface area contributed by atoms with Crippen LogP contribution in [0.5, 0.6) is 0 Å². The Morgan fingerprint density at radius 3 is 2.70 bits per heavy atom. The predicted octanol–water partition coefficient (Wildman–Crippen LogP) is 2.80. The molecule has 0 bridgehead atoms. The summed E-state index contributed by atoms with van der Waals surface area (Å²) >= 11 is 5.99. The third kappa shape index (κ3) is 3.29. The molecule has 3 aromatic rings. The highest BCUT2D eigenvalue weighted by Crippen LogP contribution is 2.14. The fourth-order valence-corrected chi connectivity index (χ4v) is 2.73. The molecule has 0 unspecified atom stereocenters. The zero-order valence-corrected chi connectivity index (χ0v) is 13.1. The molecule has 2 N–H and O–H groups in total. The summed E-state index contributed by atoms with van der Waals surface area (Å²) in [6, 6.07) is 14.5. The number of amides is 1. The predicted molar refractivity (Wildman–Crippen MR) is 91.0 cm³/mol. The van der Waals surface area contributed by atoms with Crippen molar-refractivity contribution in [2.45, 2.75) is 13.0 Å². The molecule has 0 spiro atoms. The highest BCUT2D eigenvalue weighted by atomic mass is 35.5. The van der Waals surface area contributed by atoms with Crippen LogP contribution >= 0.6 is 11.6 Å². The maximum Gasteiger partial charge on any atom is 0.326 e. The second-order valence-electron chi connectivity index (χ2n) is 5.19. The molecule has 0 aliphatic heterocycles. The van der Waals surface area contributed by atoms with Crippen molar-refractivity contribution in [3.63, 3.8) is 0 Å². The Kier molecular flexibility index (Phi) is 4.48. The van der Waals surface area contributed by atoms with E-state index in [2.05, 4.69) is 10.3 Å². The first-order chi connectivity index (χ1) is 11.2. The summed E-state index contributed by atoms with van der Waals surface area (Å²) < 4.78 is 1.68. The van der Waals surface area contributed by atoms with Gasteiger partial charge in [0.1, 0.15) is 0 Å². The number of para-hydroxylation sites is 2. The minimum absolute atomic E-state index is 0.136. The van der Waals surface area contributed by atoms with Crippen LogP contribution in [-0.2, 0) is 6.54 Å². The minimum atomic E-state index is -0.207. The Labute approximate surface area is 137 Å². The van der Waals surface area contributed by atoms with Crippen LogP contribution in [0.1, 0.15) is 16.8 Å². The van der Waals surface area contributed by atoms with Crippen molar-refractivity contribution in [3.8, 4) is 0 Å². The molecular formula is C17H16ClN3O2. The third-order valence-corrected chi connectivity index (χ3v) is 3.97. The highest BCUT2D eigenvalue weighted by molar-refractivity contribution is 6.33. The van der Waals surface area contributed by atoms with E-state index in [1.807, 2.05) is 24.3 Å². The number of nitrogens with one attached hydrogen (secondary N) is 2. The largest absolute Gasteiger partial charge is 0.352 e. The lowest BCUT2D eigenvalue weighted by molar-refractivity contribution is 0.0953. The molecule has 1 amide bonds. The summed E-state index contributed by atoms with van der Waals surface area (Å²) in [5.74, 6) is -0.207. The van der Waals surface area contributed by atoms with Crippen LogP contribution in [0, 0.1) is 0 Å². The first kappa shape index (κ1) is 15.4. The Morgan fingerprint density at radius 1 is 1.13 bits per heavy atom. The van der Waals surface area contributed by atoms with Crippen LogP contribution in [0.3, 0.4) is 0 Å². The lowest BCUT2D eigenvalue weighted by Gasteiger charge is -2.07. The number of carbonyl (C=O) groups is 1. The molecule has 23 heavy (non-hydrogen) atoms. The molecule has 5 nitrogen and oxygen atoms in total. The van der Waals surface area contributed by atoms with E-state index in [-0.39, 0.29) is 11.6 Å². The topological polar surface area (TPSA) is 66.9 Å². The molecule has 0 saturated heterocycles. The van der Waals surface area contributed by atoms with Gasteiger partial charge in [-0.3, -0.25) is 9.36 Å². The van der Waals surface area contributed by atoms with E-state index in [4.69, 9.17) is 11.6 Å². The maximum atomic E-state index is 12.0. The highest BCUT2D eigenvalue weighted by Gasteiger charge is 2.09. The third-order valence-electron chi connectivity index (χ3n) is 3.64. The van der Waals surface area contributed by atoms with Gasteiger partial charge in [-0.15, -0.1) is 0 Å². The summed E-state index contributed by atoms with van der Waals surface area (Å²) in [5.41, 5.74) is 2.01. The van der Waals surface area contributed by atoms with Gasteiger partial charge in [0.05, 0.1) is 21.6 Å². The normalized spacial score (nSPS) is 10.8. The Balaban J connectivity index is 1.59. The van der Waals surface area contributed by atoms with Gasteiger partial charge in [-0.05, 0) is 30.7 Å². The average Bonchev–Trinajstić information content (AvgIpc) is 2.87. The summed E-state index contributed by atoms with van der Waals surface area (Å²) in [7, 11) is 0. The quantitative estimate of drug-likeness (QED) is 0.707. The molecule has 118 valence electrons. The SMILES string of the molecule is O=C(NCCCn1c(=O)[nH]c2ccccc21)c1ccccc1Cl. The van der Waals surface area contributed by atoms with Gasteiger partial charge in [0.15, 0.2) is 0 Å². The number of aromatic amines is 1. The van der Waals surface area contributed by atoms with E-state index in [0.717, 1.165) is 11.0 Å². The van der Waals surface area contributed by atoms with Crippen molar-refractivity contribution in [2.75, 3.05) is 6.54 Å². The van der Waals surface area contributed by atoms with E-state index >= 15 is 0 Å². The summed E-state index contributed by atoms with van der Waals surface area (Å²) in [5, 5.41) is 3.25. The molecule has 0 radical (unpaired) electrons. The fourth-order valence-electron chi connectivity index (χ4n) is 2.51. The van der Waals surface area contributed by atoms with E-state index < -0.39 is 0 Å². The number of aryl methyl sites for hydroxylation is 1. The number of fused-ring (bicyclic) bond motifs is 1. The molecule has 0 aliphatic rings. The average molecular weight is 330 g/mol. The lowest BCUT2D eigenvalue weighted by Crippen LogP contribution is -2.26. The Hall–Kier alpha value is -2.53. The number of halogens is 1. The molecule has 0 fully saturated rings. The lowest BCUT2D eigenvalue weighted by atomic mass is 10.2. The van der Waals surface area contributed by atoms with Crippen molar-refractivity contribution in [2.24, 2.45) is 0 Å². The number of hydrogen-bond acceptors (Lipinski definition) is 2. The Morgan fingerprint density at radius 2 is 1.87 bits per heavy atom. The summed E-state index contributed by atoms with van der Waals surface area (Å²) in [6.07, 6.45) is 0.651. The molecule has 2 aromatic carbocycles. The van der Waals surface area contributed by atoms with Crippen LogP contribution in [0.15, 0.2) is 53.3 Å². The monoisotopic (exact) mass is 329 g/mol. The van der Waals surface area contributed by atoms with Crippen molar-refractivity contribution < 1.29 is 4.79 Å². The number of nitrogens with zero attached hydrogens (tertiary/aromatic N) is 1. The van der Waals surface area contributed by atoms with Crippen LogP contribution in [0.2, 0.25) is 5.02 Å². The number of benzene rings is 2. The van der Waals surface area contributed by atoms with Gasteiger partial charge in [-0.2, -0.15) is 0 Å². The zero-order chi connectivity index (χ0) is 16.2. The van der Waals surface area contributed by atoms with Gasteiger partial charge in [0.25, 0.3) is 5.91 Å². The first-order valence-electron chi connectivity index (χ1n) is 7.37. The van der Waals surface area contributed by atoms with Crippen LogP contribution in [0.25, 0.3) is 11.0 Å². The smallest absolute Gasteiger partial charge is 0.326 e. The summed E-state index contributed by atoms with van der Waals surface area (Å²) in [4.78, 5) is 26.8. The van der Waals surface area contributed by atoms with Crippen LogP contribution < -0.4 is 11.0 Å². The standard InChI is InChI=1S/C17H16ClN3O2/c18-13-7-2-1-6-12(13)16(22)19-10-5-11-21-15-9-4-3-8-14(15)20-17(21)23/h1-4,6-9H,5,10-11H2,(H,19,22)(H,20,23). The molecule has 0 aliphatic carbocycles. The molecule has 0 saturated carbocycles. The first-order valence-corrected chi connectivity index (χ1v) is 7.75. The molecule has 3 rings (SSSR count). The van der Waals surface area contributed by atoms with E-state index in [1.165, 1.54) is 0 Å². The van der Waals surface area contributed by atoms with Gasteiger partial charge in [-0.25, -0.2) is 4.79 Å². The maximum absolute atomic E-state index is 12.0. The number of imidazole rings is 1. The number of rotatable bonds is 5. The number of carbonyl (C=O) groups excluding carboxylic acids is 1. The zero-order valence-electron chi connectivity index (χ0n) is 12.4. The molecule has 0 atom stereocenters. The van der Waals surface area contributed by atoms with Gasteiger partial charge in [-0.1, -0.05) is 35.9 Å². The Bertz CT molecular complexity index is 898. The minimum Gasteiger partial charge on any atom is -0.352 e. The molecule has 1 aromatic heterocycles. The van der Waals surface area contributed by atoms with Crippen molar-refractivity contribution in [1.82, 2.24) is 14.9 Å². The van der Waals surface area contributed by atoms with Gasteiger partial charge in [0, 0.05) is 13.1 Å². The molecule has 6 heteroatoms. The fraction of sp³-hybridized carbons (Fsp3) is 0.176. The molecular weight excluding hydrogens is 314 g/mol. The van der Waals surface area contributed by atoms with E-state index in [1.54, 1.807) is 28.8 Å². The number of hydrogen-bond donors (Lipinski definition) is 2. The van der Waals surface area contributed by atoms with Gasteiger partial charge in [0.2, 0.25) is 0 Å². The van der Waals surface area contributed by atoms with Crippen LogP contribution in [0.4, 0.5) is 0 Å². The van der Waals surface area contributed by atoms with Crippen LogP contribution in [-0.4, -0.2) is 22.0 Å².